The van der Waals surface area contributed by atoms with Crippen molar-refractivity contribution in [1.82, 2.24) is 10.1 Å². The van der Waals surface area contributed by atoms with E-state index in [0.29, 0.717) is 42.5 Å². The van der Waals surface area contributed by atoms with Crippen LogP contribution in [0.3, 0.4) is 0 Å². The predicted octanol–water partition coefficient (Wildman–Crippen LogP) is 1.92. The molecule has 0 atom stereocenters. The van der Waals surface area contributed by atoms with Crippen molar-refractivity contribution in [2.24, 2.45) is 0 Å². The zero-order valence-electron chi connectivity index (χ0n) is 12.1. The van der Waals surface area contributed by atoms with E-state index in [4.69, 9.17) is 14.0 Å². The first-order valence-corrected chi connectivity index (χ1v) is 6.91. The molecule has 0 unspecified atom stereocenters. The van der Waals surface area contributed by atoms with Crippen molar-refractivity contribution in [1.29, 1.82) is 0 Å². The van der Waals surface area contributed by atoms with E-state index >= 15 is 0 Å². The number of benzene rings is 1. The largest absolute Gasteiger partial charge is 0.493 e. The van der Waals surface area contributed by atoms with Gasteiger partial charge in [0, 0.05) is 12.3 Å². The molecule has 21 heavy (non-hydrogen) atoms. The second-order valence-corrected chi connectivity index (χ2v) is 5.24. The van der Waals surface area contributed by atoms with Crippen molar-refractivity contribution < 1.29 is 19.1 Å². The first-order chi connectivity index (χ1) is 10.2. The Kier molecular flexibility index (Phi) is 3.79. The fourth-order valence-electron chi connectivity index (χ4n) is 2.47. The van der Waals surface area contributed by atoms with E-state index in [-0.39, 0.29) is 12.0 Å². The minimum absolute atomic E-state index is 0.201. The maximum atomic E-state index is 9.31. The highest BCUT2D eigenvalue weighted by Gasteiger charge is 2.32. The summed E-state index contributed by atoms with van der Waals surface area (Å²) in [7, 11) is 3.21. The molecule has 1 saturated carbocycles. The Hall–Kier alpha value is -2.08. The van der Waals surface area contributed by atoms with Crippen LogP contribution in [-0.2, 0) is 6.42 Å². The van der Waals surface area contributed by atoms with E-state index in [1.165, 1.54) is 0 Å². The fourth-order valence-corrected chi connectivity index (χ4v) is 2.47. The van der Waals surface area contributed by atoms with Gasteiger partial charge in [-0.05, 0) is 30.5 Å². The Balaban J connectivity index is 1.71. The number of methoxy groups -OCH3 is 2. The molecule has 0 amide bonds. The molecule has 1 heterocycles. The molecule has 6 heteroatoms. The number of aromatic nitrogens is 2. The number of ether oxygens (including phenoxy) is 2. The molecular formula is C15H18N2O4. The average Bonchev–Trinajstić information content (AvgIpc) is 2.91. The van der Waals surface area contributed by atoms with Gasteiger partial charge in [-0.1, -0.05) is 11.2 Å². The van der Waals surface area contributed by atoms with Gasteiger partial charge in [-0.2, -0.15) is 4.98 Å². The summed E-state index contributed by atoms with van der Waals surface area (Å²) in [6, 6.07) is 5.71. The smallest absolute Gasteiger partial charge is 0.229 e. The van der Waals surface area contributed by atoms with Gasteiger partial charge < -0.3 is 19.1 Å². The summed E-state index contributed by atoms with van der Waals surface area (Å²) >= 11 is 0. The molecule has 0 saturated heterocycles. The highest BCUT2D eigenvalue weighted by molar-refractivity contribution is 5.43. The van der Waals surface area contributed by atoms with Crippen LogP contribution in [0.5, 0.6) is 11.5 Å². The number of aliphatic hydroxyl groups is 1. The van der Waals surface area contributed by atoms with E-state index in [0.717, 1.165) is 5.56 Å². The monoisotopic (exact) mass is 290 g/mol. The fraction of sp³-hybridized carbons (Fsp3) is 0.467. The Morgan fingerprint density at radius 3 is 2.67 bits per heavy atom. The Bertz CT molecular complexity index is 620. The van der Waals surface area contributed by atoms with Crippen LogP contribution < -0.4 is 9.47 Å². The Morgan fingerprint density at radius 2 is 2.00 bits per heavy atom. The third kappa shape index (κ3) is 2.85. The van der Waals surface area contributed by atoms with Crippen molar-refractivity contribution in [3.63, 3.8) is 0 Å². The number of rotatable bonds is 5. The van der Waals surface area contributed by atoms with Crippen LogP contribution in [0.25, 0.3) is 0 Å². The third-order valence-corrected chi connectivity index (χ3v) is 3.76. The molecule has 1 aliphatic rings. The summed E-state index contributed by atoms with van der Waals surface area (Å²) in [5.41, 5.74) is 1.02. The number of hydrogen-bond acceptors (Lipinski definition) is 6. The molecule has 0 aliphatic heterocycles. The van der Waals surface area contributed by atoms with Crippen LogP contribution >= 0.6 is 0 Å². The summed E-state index contributed by atoms with van der Waals surface area (Å²) in [6.07, 6.45) is 1.76. The van der Waals surface area contributed by atoms with Crippen molar-refractivity contribution >= 4 is 0 Å². The lowest BCUT2D eigenvalue weighted by atomic mass is 9.82. The molecular weight excluding hydrogens is 272 g/mol. The predicted molar refractivity (Wildman–Crippen MR) is 74.6 cm³/mol. The number of nitrogens with zero attached hydrogens (tertiary/aromatic N) is 2. The molecule has 112 valence electrons. The SMILES string of the molecule is COc1ccc(Cc2noc(C3CC(O)C3)n2)cc1OC. The lowest BCUT2D eigenvalue weighted by Gasteiger charge is -2.27. The maximum absolute atomic E-state index is 9.31. The zero-order chi connectivity index (χ0) is 14.8. The van der Waals surface area contributed by atoms with Crippen molar-refractivity contribution in [2.75, 3.05) is 14.2 Å². The highest BCUT2D eigenvalue weighted by atomic mass is 16.5. The number of hydrogen-bond donors (Lipinski definition) is 1. The van der Waals surface area contributed by atoms with Crippen molar-refractivity contribution in [3.8, 4) is 11.5 Å². The van der Waals surface area contributed by atoms with Gasteiger partial charge in [-0.25, -0.2) is 0 Å². The molecule has 3 rings (SSSR count). The summed E-state index contributed by atoms with van der Waals surface area (Å²) in [5, 5.41) is 13.3. The van der Waals surface area contributed by atoms with Crippen LogP contribution in [0.4, 0.5) is 0 Å². The molecule has 1 N–H and O–H groups in total. The lowest BCUT2D eigenvalue weighted by molar-refractivity contribution is 0.0625. The molecule has 0 radical (unpaired) electrons. The Labute approximate surface area is 122 Å². The minimum Gasteiger partial charge on any atom is -0.493 e. The summed E-state index contributed by atoms with van der Waals surface area (Å²) in [6.45, 7) is 0. The van der Waals surface area contributed by atoms with Gasteiger partial charge in [-0.15, -0.1) is 0 Å². The quantitative estimate of drug-likeness (QED) is 0.906. The maximum Gasteiger partial charge on any atom is 0.229 e. The summed E-state index contributed by atoms with van der Waals surface area (Å²) in [4.78, 5) is 4.40. The third-order valence-electron chi connectivity index (χ3n) is 3.76. The standard InChI is InChI=1S/C15H18N2O4/c1-19-12-4-3-9(5-13(12)20-2)6-14-16-15(21-17-14)10-7-11(18)8-10/h3-5,10-11,18H,6-8H2,1-2H3. The first-order valence-electron chi connectivity index (χ1n) is 6.91. The Morgan fingerprint density at radius 1 is 1.24 bits per heavy atom. The lowest BCUT2D eigenvalue weighted by Crippen LogP contribution is -2.26. The molecule has 1 aromatic carbocycles. The van der Waals surface area contributed by atoms with E-state index in [1.807, 2.05) is 18.2 Å². The van der Waals surface area contributed by atoms with Crippen LogP contribution in [0, 0.1) is 0 Å². The van der Waals surface area contributed by atoms with Gasteiger partial charge in [0.05, 0.1) is 20.3 Å². The summed E-state index contributed by atoms with van der Waals surface area (Å²) in [5.74, 6) is 2.83. The first kappa shape index (κ1) is 13.9. The van der Waals surface area contributed by atoms with Crippen LogP contribution in [0.15, 0.2) is 22.7 Å². The molecule has 0 spiro atoms. The zero-order valence-corrected chi connectivity index (χ0v) is 12.1. The van der Waals surface area contributed by atoms with Gasteiger partial charge in [-0.3, -0.25) is 0 Å². The average molecular weight is 290 g/mol. The number of aliphatic hydroxyl groups excluding tert-OH is 1. The van der Waals surface area contributed by atoms with Gasteiger partial charge in [0.2, 0.25) is 5.89 Å². The van der Waals surface area contributed by atoms with Crippen LogP contribution in [0.1, 0.15) is 36.0 Å². The van der Waals surface area contributed by atoms with E-state index in [2.05, 4.69) is 10.1 Å². The van der Waals surface area contributed by atoms with Crippen LogP contribution in [0.2, 0.25) is 0 Å². The van der Waals surface area contributed by atoms with Gasteiger partial charge in [0.15, 0.2) is 17.3 Å². The second kappa shape index (κ2) is 5.73. The van der Waals surface area contributed by atoms with Gasteiger partial charge >= 0.3 is 0 Å². The minimum atomic E-state index is -0.226. The molecule has 1 aromatic heterocycles. The highest BCUT2D eigenvalue weighted by Crippen LogP contribution is 2.36. The normalized spacial score (nSPS) is 20.9. The van der Waals surface area contributed by atoms with E-state index in [9.17, 15) is 5.11 Å². The molecule has 1 aliphatic carbocycles. The van der Waals surface area contributed by atoms with E-state index in [1.54, 1.807) is 14.2 Å². The second-order valence-electron chi connectivity index (χ2n) is 5.24. The van der Waals surface area contributed by atoms with Gasteiger partial charge in [0.1, 0.15) is 0 Å². The van der Waals surface area contributed by atoms with Crippen molar-refractivity contribution in [2.45, 2.75) is 31.3 Å². The topological polar surface area (TPSA) is 77.6 Å². The molecule has 1 fully saturated rings. The van der Waals surface area contributed by atoms with E-state index < -0.39 is 0 Å². The molecule has 2 aromatic rings. The van der Waals surface area contributed by atoms with Crippen LogP contribution in [-0.4, -0.2) is 35.6 Å². The molecule has 6 nitrogen and oxygen atoms in total. The van der Waals surface area contributed by atoms with Gasteiger partial charge in [0.25, 0.3) is 0 Å². The molecule has 0 bridgehead atoms. The summed E-state index contributed by atoms with van der Waals surface area (Å²) < 4.78 is 15.8. The van der Waals surface area contributed by atoms with Crippen molar-refractivity contribution in [3.05, 3.63) is 35.5 Å².